The van der Waals surface area contributed by atoms with Crippen molar-refractivity contribution in [3.63, 3.8) is 0 Å². The predicted molar refractivity (Wildman–Crippen MR) is 73.4 cm³/mol. The van der Waals surface area contributed by atoms with Gasteiger partial charge in [-0.3, -0.25) is 4.79 Å². The molecule has 0 aliphatic heterocycles. The van der Waals surface area contributed by atoms with Gasteiger partial charge in [-0.25, -0.2) is 4.39 Å². The van der Waals surface area contributed by atoms with Gasteiger partial charge in [-0.05, 0) is 30.0 Å². The molecule has 0 saturated heterocycles. The van der Waals surface area contributed by atoms with Gasteiger partial charge in [0.1, 0.15) is 11.4 Å². The van der Waals surface area contributed by atoms with Gasteiger partial charge in [-0.15, -0.1) is 0 Å². The van der Waals surface area contributed by atoms with Crippen molar-refractivity contribution in [2.24, 2.45) is 11.7 Å². The second-order valence-corrected chi connectivity index (χ2v) is 5.37. The van der Waals surface area contributed by atoms with E-state index in [4.69, 9.17) is 5.73 Å². The van der Waals surface area contributed by atoms with Crippen LogP contribution in [0.2, 0.25) is 0 Å². The van der Waals surface area contributed by atoms with Gasteiger partial charge in [-0.1, -0.05) is 39.3 Å². The van der Waals surface area contributed by atoms with Crippen LogP contribution in [0.4, 0.5) is 4.39 Å². The normalized spacial score (nSPS) is 16.1. The van der Waals surface area contributed by atoms with E-state index in [0.717, 1.165) is 5.56 Å². The Morgan fingerprint density at radius 1 is 1.37 bits per heavy atom. The number of carboxylic acid groups (broad SMARTS) is 1. The minimum absolute atomic E-state index is 0.0538. The highest BCUT2D eigenvalue weighted by Gasteiger charge is 2.43. The Hall–Kier alpha value is -1.42. The molecule has 1 aromatic rings. The fraction of sp³-hybridized carbons (Fsp3) is 0.533. The molecule has 3 nitrogen and oxygen atoms in total. The monoisotopic (exact) mass is 267 g/mol. The summed E-state index contributed by atoms with van der Waals surface area (Å²) in [7, 11) is 0. The molecular formula is C15H22FNO2. The minimum atomic E-state index is -1.32. The summed E-state index contributed by atoms with van der Waals surface area (Å²) in [5, 5.41) is 9.50. The average molecular weight is 267 g/mol. The largest absolute Gasteiger partial charge is 0.480 e. The number of hydrogen-bond acceptors (Lipinski definition) is 2. The zero-order valence-electron chi connectivity index (χ0n) is 11.7. The van der Waals surface area contributed by atoms with Gasteiger partial charge in [0, 0.05) is 5.92 Å². The maximum absolute atomic E-state index is 13.0. The van der Waals surface area contributed by atoms with Crippen LogP contribution in [0.3, 0.4) is 0 Å². The lowest BCUT2D eigenvalue weighted by molar-refractivity contribution is -0.145. The number of halogens is 1. The first-order valence-corrected chi connectivity index (χ1v) is 6.60. The fourth-order valence-electron chi connectivity index (χ4n) is 2.76. The first-order valence-electron chi connectivity index (χ1n) is 6.60. The van der Waals surface area contributed by atoms with Crippen molar-refractivity contribution in [1.29, 1.82) is 0 Å². The van der Waals surface area contributed by atoms with E-state index in [-0.39, 0.29) is 17.7 Å². The summed E-state index contributed by atoms with van der Waals surface area (Å²) in [5.41, 5.74) is 5.63. The summed E-state index contributed by atoms with van der Waals surface area (Å²) in [6, 6.07) is 5.94. The molecule has 0 saturated carbocycles. The van der Waals surface area contributed by atoms with Gasteiger partial charge in [0.25, 0.3) is 0 Å². The third-order valence-corrected chi connectivity index (χ3v) is 3.51. The number of rotatable bonds is 6. The smallest absolute Gasteiger partial charge is 0.324 e. The molecule has 1 rings (SSSR count). The van der Waals surface area contributed by atoms with Crippen LogP contribution in [0.15, 0.2) is 24.3 Å². The number of aliphatic carboxylic acids is 1. The molecule has 106 valence electrons. The average Bonchev–Trinajstić information content (AvgIpc) is 2.31. The molecule has 3 N–H and O–H groups in total. The molecular weight excluding hydrogens is 245 g/mol. The highest BCUT2D eigenvalue weighted by molar-refractivity contribution is 5.80. The molecule has 2 unspecified atom stereocenters. The van der Waals surface area contributed by atoms with Crippen molar-refractivity contribution in [3.05, 3.63) is 35.6 Å². The van der Waals surface area contributed by atoms with Crippen molar-refractivity contribution < 1.29 is 14.3 Å². The van der Waals surface area contributed by atoms with Crippen molar-refractivity contribution >= 4 is 5.97 Å². The van der Waals surface area contributed by atoms with Crippen LogP contribution in [-0.2, 0) is 4.79 Å². The Balaban J connectivity index is 3.25. The molecule has 19 heavy (non-hydrogen) atoms. The van der Waals surface area contributed by atoms with Gasteiger partial charge in [-0.2, -0.15) is 0 Å². The Morgan fingerprint density at radius 3 is 2.26 bits per heavy atom. The summed E-state index contributed by atoms with van der Waals surface area (Å²) in [4.78, 5) is 11.6. The standard InChI is InChI=1S/C15H22FNO2/c1-4-9-15(17,14(18)19)13(10(2)3)11-5-7-12(16)8-6-11/h5-8,10,13H,4,9,17H2,1-3H3,(H,18,19). The van der Waals surface area contributed by atoms with Crippen LogP contribution in [-0.4, -0.2) is 16.6 Å². The van der Waals surface area contributed by atoms with Crippen LogP contribution < -0.4 is 5.73 Å². The number of carboxylic acids is 1. The van der Waals surface area contributed by atoms with E-state index in [0.29, 0.717) is 12.8 Å². The van der Waals surface area contributed by atoms with Crippen molar-refractivity contribution in [1.82, 2.24) is 0 Å². The van der Waals surface area contributed by atoms with E-state index in [9.17, 15) is 14.3 Å². The molecule has 0 spiro atoms. The molecule has 0 fully saturated rings. The molecule has 4 heteroatoms. The van der Waals surface area contributed by atoms with Crippen LogP contribution in [0, 0.1) is 11.7 Å². The Labute approximate surface area is 113 Å². The molecule has 2 atom stereocenters. The lowest BCUT2D eigenvalue weighted by Crippen LogP contribution is -2.54. The van der Waals surface area contributed by atoms with Gasteiger partial charge in [0.05, 0.1) is 0 Å². The summed E-state index contributed by atoms with van der Waals surface area (Å²) in [6.45, 7) is 5.79. The van der Waals surface area contributed by atoms with E-state index in [1.807, 2.05) is 20.8 Å². The predicted octanol–water partition coefficient (Wildman–Crippen LogP) is 3.15. The summed E-state index contributed by atoms with van der Waals surface area (Å²) in [6.07, 6.45) is 1.08. The fourth-order valence-corrected chi connectivity index (χ4v) is 2.76. The lowest BCUT2D eigenvalue weighted by atomic mass is 9.71. The molecule has 0 aliphatic rings. The zero-order valence-corrected chi connectivity index (χ0v) is 11.7. The lowest BCUT2D eigenvalue weighted by Gasteiger charge is -2.36. The second kappa shape index (κ2) is 6.15. The summed E-state index contributed by atoms with van der Waals surface area (Å²) in [5.74, 6) is -1.62. The first-order chi connectivity index (χ1) is 8.82. The van der Waals surface area contributed by atoms with E-state index in [1.54, 1.807) is 12.1 Å². The zero-order chi connectivity index (χ0) is 14.6. The van der Waals surface area contributed by atoms with Gasteiger partial charge < -0.3 is 10.8 Å². The molecule has 0 heterocycles. The first kappa shape index (κ1) is 15.6. The van der Waals surface area contributed by atoms with E-state index >= 15 is 0 Å². The van der Waals surface area contributed by atoms with Crippen LogP contribution in [0.25, 0.3) is 0 Å². The van der Waals surface area contributed by atoms with E-state index in [1.165, 1.54) is 12.1 Å². The molecule has 0 aromatic heterocycles. The topological polar surface area (TPSA) is 63.3 Å². The minimum Gasteiger partial charge on any atom is -0.480 e. The number of hydrogen-bond donors (Lipinski definition) is 2. The summed E-state index contributed by atoms with van der Waals surface area (Å²) < 4.78 is 13.0. The second-order valence-electron chi connectivity index (χ2n) is 5.37. The summed E-state index contributed by atoms with van der Waals surface area (Å²) >= 11 is 0. The quantitative estimate of drug-likeness (QED) is 0.832. The maximum atomic E-state index is 13.0. The highest BCUT2D eigenvalue weighted by atomic mass is 19.1. The molecule has 1 aromatic carbocycles. The number of carbonyl (C=O) groups is 1. The molecule has 0 amide bonds. The van der Waals surface area contributed by atoms with Crippen molar-refractivity contribution in [2.75, 3.05) is 0 Å². The van der Waals surface area contributed by atoms with Crippen molar-refractivity contribution in [2.45, 2.75) is 45.1 Å². The SMILES string of the molecule is CCCC(N)(C(=O)O)C(c1ccc(F)cc1)C(C)C. The van der Waals surface area contributed by atoms with Gasteiger partial charge >= 0.3 is 5.97 Å². The third kappa shape index (κ3) is 3.32. The van der Waals surface area contributed by atoms with Gasteiger partial charge in [0.15, 0.2) is 0 Å². The highest BCUT2D eigenvalue weighted by Crippen LogP contribution is 2.36. The van der Waals surface area contributed by atoms with Crippen LogP contribution >= 0.6 is 0 Å². The molecule has 0 aliphatic carbocycles. The number of nitrogens with two attached hydrogens (primary N) is 1. The van der Waals surface area contributed by atoms with Crippen molar-refractivity contribution in [3.8, 4) is 0 Å². The Kier molecular flexibility index (Phi) is 5.06. The maximum Gasteiger partial charge on any atom is 0.324 e. The van der Waals surface area contributed by atoms with E-state index in [2.05, 4.69) is 0 Å². The van der Waals surface area contributed by atoms with Gasteiger partial charge in [0.2, 0.25) is 0 Å². The molecule has 0 radical (unpaired) electrons. The number of benzene rings is 1. The Morgan fingerprint density at radius 2 is 1.89 bits per heavy atom. The Bertz CT molecular complexity index is 430. The third-order valence-electron chi connectivity index (χ3n) is 3.51. The van der Waals surface area contributed by atoms with E-state index < -0.39 is 11.5 Å². The molecule has 0 bridgehead atoms. The van der Waals surface area contributed by atoms with Crippen LogP contribution in [0.5, 0.6) is 0 Å². The van der Waals surface area contributed by atoms with Crippen LogP contribution in [0.1, 0.15) is 45.1 Å².